The Labute approximate surface area is 118 Å². The zero-order valence-corrected chi connectivity index (χ0v) is 11.9. The minimum atomic E-state index is -0.730. The average molecular weight is 277 g/mol. The lowest BCUT2D eigenvalue weighted by Crippen LogP contribution is -2.46. The van der Waals surface area contributed by atoms with Crippen molar-refractivity contribution in [2.24, 2.45) is 0 Å². The first kappa shape index (κ1) is 13.6. The molecule has 1 atom stereocenters. The summed E-state index contributed by atoms with van der Waals surface area (Å²) in [4.78, 5) is 2.08. The molecule has 108 valence electrons. The molecule has 1 unspecified atom stereocenters. The molecule has 1 fully saturated rings. The lowest BCUT2D eigenvalue weighted by atomic mass is 9.87. The summed E-state index contributed by atoms with van der Waals surface area (Å²) in [5.41, 5.74) is -0.0712. The van der Waals surface area contributed by atoms with Gasteiger partial charge >= 0.3 is 0 Å². The number of aliphatic hydroxyl groups is 1. The number of nitrogens with zero attached hydrogens (tertiary/aromatic N) is 1. The minimum Gasteiger partial charge on any atom is -0.455 e. The van der Waals surface area contributed by atoms with Crippen molar-refractivity contribution in [2.75, 3.05) is 14.1 Å². The quantitative estimate of drug-likeness (QED) is 0.933. The average Bonchev–Trinajstić information content (AvgIpc) is 3.06. The summed E-state index contributed by atoms with van der Waals surface area (Å²) < 4.78 is 19.3. The highest BCUT2D eigenvalue weighted by molar-refractivity contribution is 5.78. The molecular formula is C16H20FNO2. The summed E-state index contributed by atoms with van der Waals surface area (Å²) in [6.07, 6.45) is 3.33. The molecule has 1 aromatic carbocycles. The molecule has 1 aliphatic rings. The third-order valence-corrected chi connectivity index (χ3v) is 4.65. The Morgan fingerprint density at radius 1 is 1.30 bits per heavy atom. The molecule has 0 radical (unpaired) electrons. The van der Waals surface area contributed by atoms with E-state index in [2.05, 4.69) is 4.90 Å². The number of hydrogen-bond acceptors (Lipinski definition) is 3. The topological polar surface area (TPSA) is 36.6 Å². The molecule has 1 N–H and O–H groups in total. The Morgan fingerprint density at radius 2 is 2.00 bits per heavy atom. The molecule has 1 heterocycles. The maximum absolute atomic E-state index is 13.7. The predicted molar refractivity (Wildman–Crippen MR) is 76.0 cm³/mol. The Balaban J connectivity index is 2.03. The first-order valence-corrected chi connectivity index (χ1v) is 7.08. The molecule has 2 aromatic rings. The number of hydrogen-bond donors (Lipinski definition) is 1. The van der Waals surface area contributed by atoms with Crippen molar-refractivity contribution >= 4 is 11.0 Å². The van der Waals surface area contributed by atoms with Gasteiger partial charge in [-0.05, 0) is 39.1 Å². The third kappa shape index (κ3) is 1.95. The van der Waals surface area contributed by atoms with Gasteiger partial charge in [0.25, 0.3) is 0 Å². The van der Waals surface area contributed by atoms with Crippen molar-refractivity contribution in [1.82, 2.24) is 4.90 Å². The van der Waals surface area contributed by atoms with Crippen LogP contribution in [0.25, 0.3) is 11.0 Å². The second kappa shape index (κ2) is 4.86. The van der Waals surface area contributed by atoms with Crippen molar-refractivity contribution < 1.29 is 13.9 Å². The van der Waals surface area contributed by atoms with Gasteiger partial charge < -0.3 is 14.4 Å². The highest BCUT2D eigenvalue weighted by atomic mass is 19.1. The SMILES string of the molecule is CN(C)C1(C(O)c2cc3cccc(F)c3o2)CCCC1. The molecule has 20 heavy (non-hydrogen) atoms. The summed E-state index contributed by atoms with van der Waals surface area (Å²) in [6.45, 7) is 0. The van der Waals surface area contributed by atoms with Crippen LogP contribution in [0.15, 0.2) is 28.7 Å². The highest BCUT2D eigenvalue weighted by Crippen LogP contribution is 2.44. The number of furan rings is 1. The van der Waals surface area contributed by atoms with E-state index in [0.717, 1.165) is 25.7 Å². The van der Waals surface area contributed by atoms with E-state index in [9.17, 15) is 9.50 Å². The van der Waals surface area contributed by atoms with Crippen LogP contribution in [-0.4, -0.2) is 29.6 Å². The maximum atomic E-state index is 13.7. The highest BCUT2D eigenvalue weighted by Gasteiger charge is 2.44. The lowest BCUT2D eigenvalue weighted by Gasteiger charge is -2.39. The fourth-order valence-electron chi connectivity index (χ4n) is 3.40. The van der Waals surface area contributed by atoms with E-state index in [-0.39, 0.29) is 16.9 Å². The number of rotatable bonds is 3. The molecule has 0 bridgehead atoms. The molecule has 0 aliphatic heterocycles. The van der Waals surface area contributed by atoms with Gasteiger partial charge in [-0.1, -0.05) is 25.0 Å². The molecule has 3 nitrogen and oxygen atoms in total. The number of halogens is 1. The van der Waals surface area contributed by atoms with E-state index < -0.39 is 6.10 Å². The van der Waals surface area contributed by atoms with Gasteiger partial charge in [0.15, 0.2) is 11.4 Å². The van der Waals surface area contributed by atoms with E-state index in [1.807, 2.05) is 14.1 Å². The van der Waals surface area contributed by atoms with Crippen molar-refractivity contribution in [3.05, 3.63) is 35.8 Å². The lowest BCUT2D eigenvalue weighted by molar-refractivity contribution is -0.0164. The summed E-state index contributed by atoms with van der Waals surface area (Å²) in [5.74, 6) is 0.0759. The van der Waals surface area contributed by atoms with Gasteiger partial charge in [-0.25, -0.2) is 4.39 Å². The zero-order chi connectivity index (χ0) is 14.3. The van der Waals surface area contributed by atoms with Crippen LogP contribution in [0.3, 0.4) is 0 Å². The number of likely N-dealkylation sites (N-methyl/N-ethyl adjacent to an activating group) is 1. The van der Waals surface area contributed by atoms with Crippen molar-refractivity contribution in [1.29, 1.82) is 0 Å². The number of para-hydroxylation sites is 1. The van der Waals surface area contributed by atoms with Crippen LogP contribution in [0, 0.1) is 5.82 Å². The molecule has 1 aromatic heterocycles. The van der Waals surface area contributed by atoms with Gasteiger partial charge in [-0.15, -0.1) is 0 Å². The van der Waals surface area contributed by atoms with Crippen LogP contribution in [0.4, 0.5) is 4.39 Å². The molecule has 0 spiro atoms. The van der Waals surface area contributed by atoms with Crippen LogP contribution in [0.1, 0.15) is 37.5 Å². The normalized spacial score (nSPS) is 19.9. The van der Waals surface area contributed by atoms with Gasteiger partial charge in [0.2, 0.25) is 0 Å². The molecule has 1 saturated carbocycles. The first-order valence-electron chi connectivity index (χ1n) is 7.08. The molecule has 1 aliphatic carbocycles. The van der Waals surface area contributed by atoms with Gasteiger partial charge in [-0.2, -0.15) is 0 Å². The number of fused-ring (bicyclic) bond motifs is 1. The van der Waals surface area contributed by atoms with E-state index >= 15 is 0 Å². The fraction of sp³-hybridized carbons (Fsp3) is 0.500. The third-order valence-electron chi connectivity index (χ3n) is 4.65. The van der Waals surface area contributed by atoms with Gasteiger partial charge in [0, 0.05) is 5.39 Å². The summed E-state index contributed by atoms with van der Waals surface area (Å²) >= 11 is 0. The van der Waals surface area contributed by atoms with Crippen LogP contribution in [0.2, 0.25) is 0 Å². The van der Waals surface area contributed by atoms with E-state index in [1.54, 1.807) is 18.2 Å². The number of benzene rings is 1. The van der Waals surface area contributed by atoms with Crippen molar-refractivity contribution in [3.8, 4) is 0 Å². The monoisotopic (exact) mass is 277 g/mol. The molecule has 3 rings (SSSR count). The van der Waals surface area contributed by atoms with Gasteiger partial charge in [0.1, 0.15) is 11.9 Å². The second-order valence-electron chi connectivity index (χ2n) is 5.91. The molecule has 4 heteroatoms. The van der Waals surface area contributed by atoms with Crippen LogP contribution in [-0.2, 0) is 0 Å². The Bertz CT molecular complexity index is 614. The van der Waals surface area contributed by atoms with Gasteiger partial charge in [0.05, 0.1) is 5.54 Å². The molecular weight excluding hydrogens is 257 g/mol. The maximum Gasteiger partial charge on any atom is 0.170 e. The Morgan fingerprint density at radius 3 is 2.60 bits per heavy atom. The summed E-state index contributed by atoms with van der Waals surface area (Å²) in [5, 5.41) is 11.5. The van der Waals surface area contributed by atoms with Gasteiger partial charge in [-0.3, -0.25) is 0 Å². The van der Waals surface area contributed by atoms with Crippen LogP contribution < -0.4 is 0 Å². The van der Waals surface area contributed by atoms with Crippen molar-refractivity contribution in [2.45, 2.75) is 37.3 Å². The largest absolute Gasteiger partial charge is 0.455 e. The number of aliphatic hydroxyl groups excluding tert-OH is 1. The zero-order valence-electron chi connectivity index (χ0n) is 11.9. The van der Waals surface area contributed by atoms with E-state index in [4.69, 9.17) is 4.42 Å². The molecule has 0 saturated heterocycles. The molecule has 0 amide bonds. The fourth-order valence-corrected chi connectivity index (χ4v) is 3.40. The second-order valence-corrected chi connectivity index (χ2v) is 5.91. The summed E-state index contributed by atoms with van der Waals surface area (Å²) in [6, 6.07) is 6.58. The smallest absolute Gasteiger partial charge is 0.170 e. The summed E-state index contributed by atoms with van der Waals surface area (Å²) in [7, 11) is 3.97. The predicted octanol–water partition coefficient (Wildman–Crippen LogP) is 3.48. The minimum absolute atomic E-state index is 0.230. The van der Waals surface area contributed by atoms with Crippen LogP contribution >= 0.6 is 0 Å². The van der Waals surface area contributed by atoms with E-state index in [1.165, 1.54) is 6.07 Å². The standard InChI is InChI=1S/C16H20FNO2/c1-18(2)16(8-3-4-9-16)15(19)13-10-11-6-5-7-12(17)14(11)20-13/h5-7,10,15,19H,3-4,8-9H2,1-2H3. The Kier molecular flexibility index (Phi) is 3.30. The van der Waals surface area contributed by atoms with Crippen molar-refractivity contribution in [3.63, 3.8) is 0 Å². The Hall–Kier alpha value is -1.39. The van der Waals surface area contributed by atoms with E-state index in [0.29, 0.717) is 11.1 Å². The van der Waals surface area contributed by atoms with Crippen LogP contribution in [0.5, 0.6) is 0 Å². The first-order chi connectivity index (χ1) is 9.54.